The minimum atomic E-state index is 0.190. The maximum Gasteiger partial charge on any atom is 0.142 e. The molecule has 0 saturated carbocycles. The molecular formula is C16H20N2OS. The third kappa shape index (κ3) is 3.14. The molecule has 2 heterocycles. The van der Waals surface area contributed by atoms with Gasteiger partial charge in [-0.05, 0) is 30.7 Å². The number of fused-ring (bicyclic) bond motifs is 1. The molecule has 2 N–H and O–H groups in total. The summed E-state index contributed by atoms with van der Waals surface area (Å²) in [6.07, 6.45) is 1.31. The van der Waals surface area contributed by atoms with Gasteiger partial charge in [0.1, 0.15) is 11.9 Å². The molecule has 1 aliphatic rings. The fourth-order valence-corrected chi connectivity index (χ4v) is 3.27. The molecule has 2 aromatic rings. The second kappa shape index (κ2) is 6.29. The summed E-state index contributed by atoms with van der Waals surface area (Å²) in [6, 6.07) is 12.5. The highest BCUT2D eigenvalue weighted by Crippen LogP contribution is 2.27. The zero-order valence-electron chi connectivity index (χ0n) is 11.7. The number of benzene rings is 1. The summed E-state index contributed by atoms with van der Waals surface area (Å²) in [5.74, 6) is 0.954. The fourth-order valence-electron chi connectivity index (χ4n) is 2.34. The van der Waals surface area contributed by atoms with E-state index in [1.54, 1.807) is 0 Å². The van der Waals surface area contributed by atoms with Crippen LogP contribution in [-0.2, 0) is 13.0 Å². The van der Waals surface area contributed by atoms with E-state index in [9.17, 15) is 0 Å². The molecule has 0 saturated heterocycles. The van der Waals surface area contributed by atoms with Crippen LogP contribution in [0.15, 0.2) is 36.4 Å². The summed E-state index contributed by atoms with van der Waals surface area (Å²) in [4.78, 5) is 2.84. The highest BCUT2D eigenvalue weighted by molar-refractivity contribution is 7.11. The molecule has 3 nitrogen and oxygen atoms in total. The van der Waals surface area contributed by atoms with Gasteiger partial charge in [0.2, 0.25) is 0 Å². The van der Waals surface area contributed by atoms with Crippen molar-refractivity contribution in [1.82, 2.24) is 5.32 Å². The van der Waals surface area contributed by atoms with Crippen molar-refractivity contribution in [2.75, 3.05) is 18.4 Å². The van der Waals surface area contributed by atoms with Gasteiger partial charge in [-0.1, -0.05) is 19.1 Å². The standard InChI is InChI=1S/C16H20N2OS/c1-2-13-7-8-14(20-13)11-17-9-12-10-18-15-5-3-4-6-16(15)19-12/h3-8,12,17-18H,2,9-11H2,1H3. The van der Waals surface area contributed by atoms with Gasteiger partial charge in [0.05, 0.1) is 12.2 Å². The molecule has 0 aliphatic carbocycles. The lowest BCUT2D eigenvalue weighted by molar-refractivity contribution is 0.202. The molecule has 0 fully saturated rings. The highest BCUT2D eigenvalue weighted by atomic mass is 32.1. The average molecular weight is 288 g/mol. The molecule has 0 bridgehead atoms. The minimum absolute atomic E-state index is 0.190. The second-order valence-corrected chi connectivity index (χ2v) is 6.22. The summed E-state index contributed by atoms with van der Waals surface area (Å²) in [6.45, 7) is 4.84. The zero-order valence-corrected chi connectivity index (χ0v) is 12.5. The molecule has 1 unspecified atom stereocenters. The second-order valence-electron chi connectivity index (χ2n) is 4.97. The van der Waals surface area contributed by atoms with Crippen molar-refractivity contribution in [3.05, 3.63) is 46.2 Å². The number of anilines is 1. The van der Waals surface area contributed by atoms with E-state index in [0.29, 0.717) is 0 Å². The normalized spacial score (nSPS) is 17.1. The summed E-state index contributed by atoms with van der Waals surface area (Å²) < 4.78 is 5.97. The van der Waals surface area contributed by atoms with E-state index in [-0.39, 0.29) is 6.10 Å². The van der Waals surface area contributed by atoms with Crippen LogP contribution in [0.5, 0.6) is 5.75 Å². The Kier molecular flexibility index (Phi) is 4.23. The largest absolute Gasteiger partial charge is 0.485 e. The Hall–Kier alpha value is -1.52. The molecule has 0 spiro atoms. The quantitative estimate of drug-likeness (QED) is 0.886. The molecule has 1 aliphatic heterocycles. The third-order valence-corrected chi connectivity index (χ3v) is 4.67. The van der Waals surface area contributed by atoms with Gasteiger partial charge in [-0.2, -0.15) is 0 Å². The van der Waals surface area contributed by atoms with Crippen molar-refractivity contribution < 1.29 is 4.74 Å². The smallest absolute Gasteiger partial charge is 0.142 e. The molecule has 1 aromatic heterocycles. The predicted molar refractivity (Wildman–Crippen MR) is 84.8 cm³/mol. The first-order valence-electron chi connectivity index (χ1n) is 7.13. The first-order valence-corrected chi connectivity index (χ1v) is 7.94. The van der Waals surface area contributed by atoms with Crippen LogP contribution in [0.1, 0.15) is 16.7 Å². The number of aryl methyl sites for hydroxylation is 1. The maximum absolute atomic E-state index is 5.97. The summed E-state index contributed by atoms with van der Waals surface area (Å²) in [5, 5.41) is 6.90. The molecular weight excluding hydrogens is 268 g/mol. The van der Waals surface area contributed by atoms with Gasteiger partial charge in [-0.3, -0.25) is 0 Å². The van der Waals surface area contributed by atoms with Gasteiger partial charge in [0, 0.05) is 22.8 Å². The summed E-state index contributed by atoms with van der Waals surface area (Å²) >= 11 is 1.89. The Morgan fingerprint density at radius 1 is 1.25 bits per heavy atom. The van der Waals surface area contributed by atoms with E-state index in [4.69, 9.17) is 4.74 Å². The van der Waals surface area contributed by atoms with Gasteiger partial charge in [-0.25, -0.2) is 0 Å². The van der Waals surface area contributed by atoms with E-state index in [1.807, 2.05) is 29.5 Å². The predicted octanol–water partition coefficient (Wildman–Crippen LogP) is 3.27. The van der Waals surface area contributed by atoms with E-state index < -0.39 is 0 Å². The first-order chi connectivity index (χ1) is 9.85. The van der Waals surface area contributed by atoms with Crippen molar-refractivity contribution in [3.63, 3.8) is 0 Å². The van der Waals surface area contributed by atoms with Crippen molar-refractivity contribution >= 4 is 17.0 Å². The maximum atomic E-state index is 5.97. The number of para-hydroxylation sites is 2. The molecule has 106 valence electrons. The highest BCUT2D eigenvalue weighted by Gasteiger charge is 2.18. The van der Waals surface area contributed by atoms with E-state index in [0.717, 1.165) is 37.5 Å². The van der Waals surface area contributed by atoms with E-state index in [2.05, 4.69) is 35.8 Å². The SMILES string of the molecule is CCc1ccc(CNCC2CNc3ccccc3O2)s1. The fraction of sp³-hybridized carbons (Fsp3) is 0.375. The molecule has 0 amide bonds. The Bertz CT molecular complexity index is 567. The Morgan fingerprint density at radius 2 is 2.10 bits per heavy atom. The average Bonchev–Trinajstić information content (AvgIpc) is 2.95. The summed E-state index contributed by atoms with van der Waals surface area (Å²) in [5.41, 5.74) is 1.09. The Morgan fingerprint density at radius 3 is 2.95 bits per heavy atom. The lowest BCUT2D eigenvalue weighted by atomic mass is 10.2. The van der Waals surface area contributed by atoms with Gasteiger partial charge < -0.3 is 15.4 Å². The number of thiophene rings is 1. The lowest BCUT2D eigenvalue weighted by Crippen LogP contribution is -2.39. The number of nitrogens with one attached hydrogen (secondary N) is 2. The van der Waals surface area contributed by atoms with Crippen molar-refractivity contribution in [1.29, 1.82) is 0 Å². The number of ether oxygens (including phenoxy) is 1. The van der Waals surface area contributed by atoms with Crippen LogP contribution in [-0.4, -0.2) is 19.2 Å². The molecule has 1 aromatic carbocycles. The van der Waals surface area contributed by atoms with E-state index in [1.165, 1.54) is 9.75 Å². The van der Waals surface area contributed by atoms with Crippen molar-refractivity contribution in [2.24, 2.45) is 0 Å². The molecule has 1 atom stereocenters. The van der Waals surface area contributed by atoms with Crippen LogP contribution in [0.25, 0.3) is 0 Å². The molecule has 20 heavy (non-hydrogen) atoms. The monoisotopic (exact) mass is 288 g/mol. The Balaban J connectivity index is 1.48. The summed E-state index contributed by atoms with van der Waals surface area (Å²) in [7, 11) is 0. The number of hydrogen-bond acceptors (Lipinski definition) is 4. The van der Waals surface area contributed by atoms with E-state index >= 15 is 0 Å². The first kappa shape index (κ1) is 13.5. The van der Waals surface area contributed by atoms with Gasteiger partial charge in [-0.15, -0.1) is 11.3 Å². The topological polar surface area (TPSA) is 33.3 Å². The van der Waals surface area contributed by atoms with Crippen molar-refractivity contribution in [3.8, 4) is 5.75 Å². The number of hydrogen-bond donors (Lipinski definition) is 2. The lowest BCUT2D eigenvalue weighted by Gasteiger charge is -2.27. The number of rotatable bonds is 5. The Labute approximate surface area is 124 Å². The van der Waals surface area contributed by atoms with Gasteiger partial charge in [0.15, 0.2) is 0 Å². The molecule has 3 rings (SSSR count). The van der Waals surface area contributed by atoms with Crippen LogP contribution in [0.4, 0.5) is 5.69 Å². The molecule has 4 heteroatoms. The zero-order chi connectivity index (χ0) is 13.8. The van der Waals surface area contributed by atoms with Crippen molar-refractivity contribution in [2.45, 2.75) is 26.0 Å². The van der Waals surface area contributed by atoms with Gasteiger partial charge >= 0.3 is 0 Å². The minimum Gasteiger partial charge on any atom is -0.485 e. The molecule has 0 radical (unpaired) electrons. The van der Waals surface area contributed by atoms with Gasteiger partial charge in [0.25, 0.3) is 0 Å². The van der Waals surface area contributed by atoms with Crippen LogP contribution in [0, 0.1) is 0 Å². The van der Waals surface area contributed by atoms with Crippen LogP contribution in [0.2, 0.25) is 0 Å². The van der Waals surface area contributed by atoms with Crippen LogP contribution >= 0.6 is 11.3 Å². The van der Waals surface area contributed by atoms with Crippen LogP contribution in [0.3, 0.4) is 0 Å². The van der Waals surface area contributed by atoms with Crippen LogP contribution < -0.4 is 15.4 Å². The third-order valence-electron chi connectivity index (χ3n) is 3.44.